The van der Waals surface area contributed by atoms with Gasteiger partial charge < -0.3 is 15.2 Å². The van der Waals surface area contributed by atoms with E-state index in [-0.39, 0.29) is 0 Å². The van der Waals surface area contributed by atoms with Gasteiger partial charge in [0.15, 0.2) is 11.1 Å². The molecular formula is C22H39N7S. The van der Waals surface area contributed by atoms with Gasteiger partial charge in [-0.05, 0) is 44.8 Å². The summed E-state index contributed by atoms with van der Waals surface area (Å²) in [7, 11) is 1.88. The second-order valence-electron chi connectivity index (χ2n) is 9.08. The Morgan fingerprint density at radius 2 is 1.80 bits per heavy atom. The summed E-state index contributed by atoms with van der Waals surface area (Å²) in [6.07, 6.45) is 16.1. The predicted octanol–water partition coefficient (Wildman–Crippen LogP) is 3.23. The summed E-state index contributed by atoms with van der Waals surface area (Å²) in [5.74, 6) is 2.09. The van der Waals surface area contributed by atoms with Crippen LogP contribution in [0, 0.1) is 0 Å². The number of hydrogen-bond acceptors (Lipinski definition) is 5. The van der Waals surface area contributed by atoms with Crippen LogP contribution < -0.4 is 10.6 Å². The molecule has 4 rings (SSSR count). The third kappa shape index (κ3) is 5.31. The molecule has 8 heteroatoms. The molecule has 0 spiro atoms. The first-order valence-corrected chi connectivity index (χ1v) is 13.2. The molecule has 3 aliphatic rings. The minimum Gasteiger partial charge on any atom is -0.356 e. The smallest absolute Gasteiger partial charge is 0.191 e. The Morgan fingerprint density at radius 3 is 2.50 bits per heavy atom. The van der Waals surface area contributed by atoms with E-state index in [1.165, 1.54) is 64.3 Å². The maximum absolute atomic E-state index is 4.51. The van der Waals surface area contributed by atoms with Crippen LogP contribution in [-0.2, 0) is 6.42 Å². The number of nitrogens with zero attached hydrogens (tertiary/aromatic N) is 5. The van der Waals surface area contributed by atoms with Crippen LogP contribution >= 0.6 is 11.8 Å². The maximum atomic E-state index is 4.51. The van der Waals surface area contributed by atoms with Crippen molar-refractivity contribution in [1.82, 2.24) is 30.3 Å². The Kier molecular flexibility index (Phi) is 7.93. The van der Waals surface area contributed by atoms with Crippen molar-refractivity contribution >= 4 is 17.7 Å². The molecular weight excluding hydrogens is 394 g/mol. The van der Waals surface area contributed by atoms with Crippen molar-refractivity contribution in [3.8, 4) is 0 Å². The lowest BCUT2D eigenvalue weighted by Crippen LogP contribution is -2.45. The van der Waals surface area contributed by atoms with E-state index in [1.807, 2.05) is 7.05 Å². The molecule has 2 aliphatic carbocycles. The van der Waals surface area contributed by atoms with Crippen LogP contribution in [0.4, 0.5) is 0 Å². The predicted molar refractivity (Wildman–Crippen MR) is 124 cm³/mol. The number of likely N-dealkylation sites (tertiary alicyclic amines) is 1. The average molecular weight is 434 g/mol. The highest BCUT2D eigenvalue weighted by Crippen LogP contribution is 2.33. The van der Waals surface area contributed by atoms with Crippen LogP contribution in [0.1, 0.15) is 76.1 Å². The Morgan fingerprint density at radius 1 is 1.07 bits per heavy atom. The molecule has 1 unspecified atom stereocenters. The summed E-state index contributed by atoms with van der Waals surface area (Å²) in [4.78, 5) is 7.15. The number of aromatic nitrogens is 3. The Hall–Kier alpha value is -1.28. The normalized spacial score (nSPS) is 24.2. The number of hydrogen-bond donors (Lipinski definition) is 2. The van der Waals surface area contributed by atoms with Gasteiger partial charge in [0.25, 0.3) is 0 Å². The molecule has 3 fully saturated rings. The van der Waals surface area contributed by atoms with E-state index >= 15 is 0 Å². The third-order valence-corrected chi connectivity index (χ3v) is 7.75. The number of guanidine groups is 1. The fourth-order valence-electron chi connectivity index (χ4n) is 5.49. The maximum Gasteiger partial charge on any atom is 0.191 e. The van der Waals surface area contributed by atoms with Gasteiger partial charge in [0, 0.05) is 51.2 Å². The van der Waals surface area contributed by atoms with Crippen LogP contribution in [0.15, 0.2) is 10.1 Å². The molecule has 0 radical (unpaired) electrons. The summed E-state index contributed by atoms with van der Waals surface area (Å²) in [6.45, 7) is 3.30. The largest absolute Gasteiger partial charge is 0.356 e. The fraction of sp³-hybridized carbons (Fsp3) is 0.864. The van der Waals surface area contributed by atoms with Crippen molar-refractivity contribution in [1.29, 1.82) is 0 Å². The van der Waals surface area contributed by atoms with Crippen molar-refractivity contribution in [2.24, 2.45) is 4.99 Å². The minimum atomic E-state index is 0.520. The second kappa shape index (κ2) is 10.8. The SMILES string of the molecule is CN=C(NCCCc1nnc(SC)n1C1CCCC1)NC1CCN(C2CCCC2)C1. The molecule has 2 heterocycles. The summed E-state index contributed by atoms with van der Waals surface area (Å²) in [6, 6.07) is 1.95. The summed E-state index contributed by atoms with van der Waals surface area (Å²) >= 11 is 1.72. The zero-order valence-electron chi connectivity index (χ0n) is 18.8. The number of aliphatic imine (C=N–C) groups is 1. The molecule has 1 aromatic rings. The van der Waals surface area contributed by atoms with Gasteiger partial charge in [-0.25, -0.2) is 0 Å². The van der Waals surface area contributed by atoms with Crippen molar-refractivity contribution in [2.75, 3.05) is 32.9 Å². The van der Waals surface area contributed by atoms with Crippen LogP contribution in [0.25, 0.3) is 0 Å². The van der Waals surface area contributed by atoms with Crippen molar-refractivity contribution < 1.29 is 0 Å². The Balaban J connectivity index is 1.21. The molecule has 2 saturated carbocycles. The van der Waals surface area contributed by atoms with E-state index in [2.05, 4.69) is 41.5 Å². The molecule has 1 aliphatic heterocycles. The van der Waals surface area contributed by atoms with Gasteiger partial charge in [-0.3, -0.25) is 9.89 Å². The molecule has 0 amide bonds. The van der Waals surface area contributed by atoms with Gasteiger partial charge in [0.1, 0.15) is 5.82 Å². The zero-order chi connectivity index (χ0) is 20.8. The number of nitrogens with one attached hydrogen (secondary N) is 2. The molecule has 1 atom stereocenters. The lowest BCUT2D eigenvalue weighted by atomic mass is 10.2. The van der Waals surface area contributed by atoms with Crippen LogP contribution in [0.3, 0.4) is 0 Å². The van der Waals surface area contributed by atoms with E-state index in [1.54, 1.807) is 11.8 Å². The highest BCUT2D eigenvalue weighted by atomic mass is 32.2. The van der Waals surface area contributed by atoms with Gasteiger partial charge in [-0.2, -0.15) is 0 Å². The average Bonchev–Trinajstić information content (AvgIpc) is 3.55. The number of aryl methyl sites for hydroxylation is 1. The van der Waals surface area contributed by atoms with Gasteiger partial charge in [-0.15, -0.1) is 10.2 Å². The molecule has 1 aromatic heterocycles. The van der Waals surface area contributed by atoms with E-state index < -0.39 is 0 Å². The first kappa shape index (κ1) is 21.9. The summed E-state index contributed by atoms with van der Waals surface area (Å²) in [5, 5.41) is 17.2. The van der Waals surface area contributed by atoms with Gasteiger partial charge in [-0.1, -0.05) is 37.4 Å². The van der Waals surface area contributed by atoms with Gasteiger partial charge in [0.2, 0.25) is 0 Å². The van der Waals surface area contributed by atoms with Crippen molar-refractivity contribution in [3.05, 3.63) is 5.82 Å². The van der Waals surface area contributed by atoms with Crippen molar-refractivity contribution in [3.63, 3.8) is 0 Å². The van der Waals surface area contributed by atoms with Crippen molar-refractivity contribution in [2.45, 2.75) is 93.9 Å². The zero-order valence-corrected chi connectivity index (χ0v) is 19.6. The monoisotopic (exact) mass is 433 g/mol. The summed E-state index contributed by atoms with van der Waals surface area (Å²) in [5.41, 5.74) is 0. The van der Waals surface area contributed by atoms with E-state index in [4.69, 9.17) is 0 Å². The standard InChI is InChI=1S/C22H39N7S/c1-23-21(25-17-13-15-28(16-17)18-8-3-4-9-18)24-14-7-12-20-26-27-22(30-2)29(20)19-10-5-6-11-19/h17-19H,3-16H2,1-2H3,(H2,23,24,25). The molecule has 2 N–H and O–H groups in total. The lowest BCUT2D eigenvalue weighted by molar-refractivity contribution is 0.242. The molecule has 0 bridgehead atoms. The van der Waals surface area contributed by atoms with Crippen LogP contribution in [-0.4, -0.2) is 70.6 Å². The van der Waals surface area contributed by atoms with Gasteiger partial charge >= 0.3 is 0 Å². The number of thioether (sulfide) groups is 1. The Labute approximate surface area is 185 Å². The summed E-state index contributed by atoms with van der Waals surface area (Å²) < 4.78 is 2.42. The first-order chi connectivity index (χ1) is 14.8. The highest BCUT2D eigenvalue weighted by molar-refractivity contribution is 7.98. The van der Waals surface area contributed by atoms with E-state index in [0.717, 1.165) is 48.9 Å². The minimum absolute atomic E-state index is 0.520. The Bertz CT molecular complexity index is 692. The molecule has 168 valence electrons. The van der Waals surface area contributed by atoms with Crippen LogP contribution in [0.5, 0.6) is 0 Å². The van der Waals surface area contributed by atoms with Gasteiger partial charge in [0.05, 0.1) is 0 Å². The molecule has 7 nitrogen and oxygen atoms in total. The first-order valence-electron chi connectivity index (χ1n) is 12.0. The third-order valence-electron chi connectivity index (χ3n) is 7.10. The second-order valence-corrected chi connectivity index (χ2v) is 9.85. The van der Waals surface area contributed by atoms with E-state index in [0.29, 0.717) is 12.1 Å². The lowest BCUT2D eigenvalue weighted by Gasteiger charge is -2.24. The topological polar surface area (TPSA) is 70.4 Å². The van der Waals surface area contributed by atoms with Crippen LogP contribution in [0.2, 0.25) is 0 Å². The highest BCUT2D eigenvalue weighted by Gasteiger charge is 2.30. The quantitative estimate of drug-likeness (QED) is 0.284. The number of rotatable bonds is 8. The molecule has 1 saturated heterocycles. The van der Waals surface area contributed by atoms with E-state index in [9.17, 15) is 0 Å². The molecule has 30 heavy (non-hydrogen) atoms. The fourth-order valence-corrected chi connectivity index (χ4v) is 6.07. The molecule has 0 aromatic carbocycles.